The van der Waals surface area contributed by atoms with Crippen LogP contribution < -0.4 is 15.4 Å². The minimum absolute atomic E-state index is 0.286. The Kier molecular flexibility index (Phi) is 10.9. The highest BCUT2D eigenvalue weighted by atomic mass is 19.1. The van der Waals surface area contributed by atoms with Crippen LogP contribution in [0, 0.1) is 0 Å². The highest BCUT2D eigenvalue weighted by molar-refractivity contribution is 5.71. The van der Waals surface area contributed by atoms with Crippen LogP contribution in [-0.4, -0.2) is 30.8 Å². The molecule has 0 aliphatic rings. The molecule has 0 radical (unpaired) electrons. The molecule has 1 unspecified atom stereocenters. The van der Waals surface area contributed by atoms with E-state index in [-0.39, 0.29) is 12.4 Å². The van der Waals surface area contributed by atoms with Crippen LogP contribution in [0.5, 0.6) is 5.75 Å². The summed E-state index contributed by atoms with van der Waals surface area (Å²) < 4.78 is 24.8. The number of unbranched alkanes of at least 4 members (excludes halogenated alkanes) is 3. The number of benzene rings is 1. The molecule has 1 amide bonds. The summed E-state index contributed by atoms with van der Waals surface area (Å²) in [5.41, 5.74) is 0.271. The van der Waals surface area contributed by atoms with Crippen molar-refractivity contribution in [1.82, 2.24) is 10.6 Å². The molecular formula is C23H35FN2O4. The van der Waals surface area contributed by atoms with Gasteiger partial charge in [-0.15, -0.1) is 0 Å². The van der Waals surface area contributed by atoms with E-state index in [2.05, 4.69) is 17.2 Å². The fourth-order valence-corrected chi connectivity index (χ4v) is 2.56. The van der Waals surface area contributed by atoms with Crippen molar-refractivity contribution in [3.8, 4) is 5.75 Å². The first-order chi connectivity index (χ1) is 14.1. The van der Waals surface area contributed by atoms with Crippen molar-refractivity contribution < 1.29 is 23.5 Å². The lowest BCUT2D eigenvalue weighted by molar-refractivity contribution is -0.134. The van der Waals surface area contributed by atoms with Crippen molar-refractivity contribution in [2.45, 2.75) is 71.6 Å². The Morgan fingerprint density at radius 1 is 1.03 bits per heavy atom. The van der Waals surface area contributed by atoms with Gasteiger partial charge in [0, 0.05) is 25.2 Å². The zero-order valence-corrected chi connectivity index (χ0v) is 18.6. The standard InChI is InChI=1S/C23H35FN2O4/c1-6-20(27)29-19-13-11-18(12-14-19)21(24)17(2)25-15-9-7-8-10-16-26-22(28)30-23(3,4)5/h11-14,21,25H,2,6-10,15-16H2,1,3-5H3,(H,26,28). The normalized spacial score (nSPS) is 12.0. The van der Waals surface area contributed by atoms with Crippen LogP contribution in [0.3, 0.4) is 0 Å². The molecule has 2 N–H and O–H groups in total. The van der Waals surface area contributed by atoms with Crippen molar-refractivity contribution >= 4 is 12.1 Å². The number of halogens is 1. The fourth-order valence-electron chi connectivity index (χ4n) is 2.56. The Morgan fingerprint density at radius 2 is 1.60 bits per heavy atom. The molecule has 0 aromatic heterocycles. The van der Waals surface area contributed by atoms with Gasteiger partial charge >= 0.3 is 12.1 Å². The number of nitrogens with one attached hydrogen (secondary N) is 2. The van der Waals surface area contributed by atoms with E-state index in [0.717, 1.165) is 25.7 Å². The summed E-state index contributed by atoms with van der Waals surface area (Å²) in [5.74, 6) is 0.0729. The Balaban J connectivity index is 2.18. The number of ether oxygens (including phenoxy) is 2. The number of carbonyl (C=O) groups excluding carboxylic acids is 2. The second kappa shape index (κ2) is 12.9. The molecule has 0 saturated heterocycles. The van der Waals surface area contributed by atoms with Crippen LogP contribution in [0.2, 0.25) is 0 Å². The summed E-state index contributed by atoms with van der Waals surface area (Å²) in [6.07, 6.45) is 2.22. The third kappa shape index (κ3) is 10.8. The molecule has 1 rings (SSSR count). The number of alkyl carbamates (subject to hydrolysis) is 1. The first kappa shape index (κ1) is 25.5. The van der Waals surface area contributed by atoms with E-state index < -0.39 is 17.9 Å². The second-order valence-electron chi connectivity index (χ2n) is 8.05. The van der Waals surface area contributed by atoms with Crippen LogP contribution in [0.15, 0.2) is 36.5 Å². The monoisotopic (exact) mass is 422 g/mol. The Labute approximate surface area is 179 Å². The topological polar surface area (TPSA) is 76.7 Å². The van der Waals surface area contributed by atoms with Crippen molar-refractivity contribution in [3.63, 3.8) is 0 Å². The van der Waals surface area contributed by atoms with E-state index in [1.165, 1.54) is 0 Å². The van der Waals surface area contributed by atoms with Crippen molar-refractivity contribution in [1.29, 1.82) is 0 Å². The SMILES string of the molecule is C=C(NCCCCCCNC(=O)OC(C)(C)C)C(F)c1ccc(OC(=O)CC)cc1. The maximum absolute atomic E-state index is 14.5. The Hall–Kier alpha value is -2.57. The van der Waals surface area contributed by atoms with E-state index in [1.807, 2.05) is 20.8 Å². The average Bonchev–Trinajstić information content (AvgIpc) is 2.68. The van der Waals surface area contributed by atoms with Gasteiger partial charge in [0.05, 0.1) is 0 Å². The molecule has 6 nitrogen and oxygen atoms in total. The number of amides is 1. The van der Waals surface area contributed by atoms with Gasteiger partial charge in [0.1, 0.15) is 11.4 Å². The quantitative estimate of drug-likeness (QED) is 0.275. The van der Waals surface area contributed by atoms with E-state index in [1.54, 1.807) is 31.2 Å². The van der Waals surface area contributed by atoms with Crippen molar-refractivity contribution in [2.75, 3.05) is 13.1 Å². The third-order valence-electron chi connectivity index (χ3n) is 4.12. The van der Waals surface area contributed by atoms with Crippen molar-refractivity contribution in [3.05, 3.63) is 42.1 Å². The van der Waals surface area contributed by atoms with Gasteiger partial charge in [0.15, 0.2) is 6.17 Å². The fraction of sp³-hybridized carbons (Fsp3) is 0.565. The number of hydrogen-bond donors (Lipinski definition) is 2. The predicted octanol–water partition coefficient (Wildman–Crippen LogP) is 5.20. The van der Waals surface area contributed by atoms with E-state index >= 15 is 0 Å². The van der Waals surface area contributed by atoms with Gasteiger partial charge in [-0.1, -0.05) is 38.5 Å². The van der Waals surface area contributed by atoms with Gasteiger partial charge in [0.2, 0.25) is 0 Å². The maximum atomic E-state index is 14.5. The van der Waals surface area contributed by atoms with Gasteiger partial charge in [-0.2, -0.15) is 0 Å². The van der Waals surface area contributed by atoms with Crippen LogP contribution in [0.25, 0.3) is 0 Å². The van der Waals surface area contributed by atoms with Crippen LogP contribution in [0.1, 0.15) is 71.5 Å². The van der Waals surface area contributed by atoms with Gasteiger partial charge in [-0.05, 0) is 51.3 Å². The van der Waals surface area contributed by atoms with Crippen LogP contribution >= 0.6 is 0 Å². The molecule has 0 fully saturated rings. The molecule has 1 atom stereocenters. The number of hydrogen-bond acceptors (Lipinski definition) is 5. The molecule has 1 aromatic rings. The number of esters is 1. The zero-order chi connectivity index (χ0) is 22.6. The molecule has 0 spiro atoms. The number of carbonyl (C=O) groups is 2. The zero-order valence-electron chi connectivity index (χ0n) is 18.6. The van der Waals surface area contributed by atoms with Crippen LogP contribution in [-0.2, 0) is 9.53 Å². The van der Waals surface area contributed by atoms with Crippen molar-refractivity contribution in [2.24, 2.45) is 0 Å². The molecule has 168 valence electrons. The van der Waals surface area contributed by atoms with Gasteiger partial charge in [0.25, 0.3) is 0 Å². The molecule has 0 bridgehead atoms. The average molecular weight is 423 g/mol. The molecule has 30 heavy (non-hydrogen) atoms. The lowest BCUT2D eigenvalue weighted by Crippen LogP contribution is -2.33. The number of alkyl halides is 1. The smallest absolute Gasteiger partial charge is 0.407 e. The summed E-state index contributed by atoms with van der Waals surface area (Å²) in [6, 6.07) is 6.34. The Bertz CT molecular complexity index is 683. The summed E-state index contributed by atoms with van der Waals surface area (Å²) in [6.45, 7) is 12.2. The summed E-state index contributed by atoms with van der Waals surface area (Å²) >= 11 is 0. The summed E-state index contributed by atoms with van der Waals surface area (Å²) in [4.78, 5) is 22.8. The predicted molar refractivity (Wildman–Crippen MR) is 116 cm³/mol. The van der Waals surface area contributed by atoms with Gasteiger partial charge in [-0.3, -0.25) is 4.79 Å². The number of rotatable bonds is 12. The molecule has 0 aliphatic carbocycles. The molecule has 0 heterocycles. The first-order valence-corrected chi connectivity index (χ1v) is 10.5. The lowest BCUT2D eigenvalue weighted by atomic mass is 10.1. The lowest BCUT2D eigenvalue weighted by Gasteiger charge is -2.19. The molecule has 1 aromatic carbocycles. The molecule has 7 heteroatoms. The molecule has 0 saturated carbocycles. The first-order valence-electron chi connectivity index (χ1n) is 10.5. The second-order valence-corrected chi connectivity index (χ2v) is 8.05. The van der Waals surface area contributed by atoms with E-state index in [9.17, 15) is 14.0 Å². The molecular weight excluding hydrogens is 387 g/mol. The third-order valence-corrected chi connectivity index (χ3v) is 4.12. The number of allylic oxidation sites excluding steroid dienone is 1. The summed E-state index contributed by atoms with van der Waals surface area (Å²) in [7, 11) is 0. The summed E-state index contributed by atoms with van der Waals surface area (Å²) in [5, 5.41) is 5.76. The van der Waals surface area contributed by atoms with Gasteiger partial charge in [-0.25, -0.2) is 9.18 Å². The largest absolute Gasteiger partial charge is 0.444 e. The maximum Gasteiger partial charge on any atom is 0.407 e. The molecule has 0 aliphatic heterocycles. The minimum Gasteiger partial charge on any atom is -0.444 e. The highest BCUT2D eigenvalue weighted by Gasteiger charge is 2.15. The minimum atomic E-state index is -1.33. The van der Waals surface area contributed by atoms with E-state index in [0.29, 0.717) is 30.1 Å². The van der Waals surface area contributed by atoms with E-state index in [4.69, 9.17) is 9.47 Å². The van der Waals surface area contributed by atoms with Gasteiger partial charge < -0.3 is 20.1 Å². The van der Waals surface area contributed by atoms with Crippen LogP contribution in [0.4, 0.5) is 9.18 Å². The highest BCUT2D eigenvalue weighted by Crippen LogP contribution is 2.25. The Morgan fingerprint density at radius 3 is 2.13 bits per heavy atom.